The molecule has 0 saturated carbocycles. The first-order valence-electron chi connectivity index (χ1n) is 9.13. The molecule has 1 N–H and O–H groups in total. The molecule has 0 radical (unpaired) electrons. The van der Waals surface area contributed by atoms with E-state index in [1.54, 1.807) is 16.4 Å². The molecule has 8 heteroatoms. The Morgan fingerprint density at radius 3 is 2.71 bits per heavy atom. The van der Waals surface area contributed by atoms with Crippen molar-refractivity contribution < 1.29 is 14.4 Å². The van der Waals surface area contributed by atoms with Crippen molar-refractivity contribution in [2.45, 2.75) is 26.1 Å². The number of carbonyl (C=O) groups excluding carboxylic acids is 3. The Bertz CT molecular complexity index is 1010. The van der Waals surface area contributed by atoms with E-state index in [0.29, 0.717) is 26.2 Å². The van der Waals surface area contributed by atoms with Gasteiger partial charge in [0.1, 0.15) is 0 Å². The largest absolute Gasteiger partial charge is 0.349 e. The van der Waals surface area contributed by atoms with Crippen LogP contribution >= 0.6 is 15.9 Å². The molecular formula is C20H21BrN4O3. The molecule has 7 nitrogen and oxygen atoms in total. The van der Waals surface area contributed by atoms with Gasteiger partial charge < -0.3 is 10.2 Å². The highest BCUT2D eigenvalue weighted by atomic mass is 79.9. The number of aromatic nitrogens is 1. The molecule has 1 aromatic carbocycles. The van der Waals surface area contributed by atoms with Gasteiger partial charge in [-0.05, 0) is 29.8 Å². The number of rotatable bonds is 4. The van der Waals surface area contributed by atoms with E-state index in [4.69, 9.17) is 0 Å². The number of nitrogens with one attached hydrogen (secondary N) is 1. The smallest absolute Gasteiger partial charge is 0.246 e. The highest BCUT2D eigenvalue weighted by molar-refractivity contribution is 9.10. The Labute approximate surface area is 171 Å². The molecule has 146 valence electrons. The number of fused-ring (bicyclic) bond motifs is 3. The minimum Gasteiger partial charge on any atom is -0.349 e. The number of halogens is 1. The fourth-order valence-electron chi connectivity index (χ4n) is 4.04. The van der Waals surface area contributed by atoms with Gasteiger partial charge in [0, 0.05) is 48.7 Å². The molecule has 1 fully saturated rings. The van der Waals surface area contributed by atoms with Gasteiger partial charge in [-0.3, -0.25) is 23.9 Å². The highest BCUT2D eigenvalue weighted by Crippen LogP contribution is 2.34. The first kappa shape index (κ1) is 18.9. The number of hydrogen-bond acceptors (Lipinski definition) is 4. The van der Waals surface area contributed by atoms with Gasteiger partial charge in [0.2, 0.25) is 17.7 Å². The molecule has 2 aliphatic rings. The van der Waals surface area contributed by atoms with Gasteiger partial charge >= 0.3 is 0 Å². The molecule has 0 spiro atoms. The maximum Gasteiger partial charge on any atom is 0.246 e. The van der Waals surface area contributed by atoms with Crippen LogP contribution in [0.1, 0.15) is 23.0 Å². The molecule has 0 atom stereocenters. The molecule has 1 aromatic heterocycles. The van der Waals surface area contributed by atoms with Crippen LogP contribution in [0.15, 0.2) is 35.3 Å². The van der Waals surface area contributed by atoms with Gasteiger partial charge in [0.05, 0.1) is 18.1 Å². The van der Waals surface area contributed by atoms with E-state index < -0.39 is 0 Å². The van der Waals surface area contributed by atoms with Gasteiger partial charge in [-0.2, -0.15) is 0 Å². The molecule has 3 heterocycles. The number of likely N-dealkylation sites (tertiary alicyclic amines) is 1. The lowest BCUT2D eigenvalue weighted by Crippen LogP contribution is -2.61. The Kier molecular flexibility index (Phi) is 4.84. The van der Waals surface area contributed by atoms with Crippen LogP contribution in [0.25, 0.3) is 10.9 Å². The lowest BCUT2D eigenvalue weighted by atomic mass is 10.1. The van der Waals surface area contributed by atoms with Crippen molar-refractivity contribution in [2.75, 3.05) is 19.6 Å². The van der Waals surface area contributed by atoms with Crippen molar-refractivity contribution in [3.63, 3.8) is 0 Å². The Balaban J connectivity index is 1.43. The van der Waals surface area contributed by atoms with Crippen molar-refractivity contribution in [1.82, 2.24) is 19.7 Å². The third-order valence-corrected chi connectivity index (χ3v) is 5.81. The lowest BCUT2D eigenvalue weighted by molar-refractivity contribution is -0.133. The maximum absolute atomic E-state index is 12.4. The van der Waals surface area contributed by atoms with Crippen LogP contribution < -0.4 is 5.32 Å². The molecule has 0 unspecified atom stereocenters. The first-order chi connectivity index (χ1) is 13.4. The van der Waals surface area contributed by atoms with Crippen LogP contribution in [-0.4, -0.2) is 57.8 Å². The molecule has 4 rings (SSSR count). The molecule has 2 amide bonds. The van der Waals surface area contributed by atoms with Crippen LogP contribution in [0.2, 0.25) is 0 Å². The Morgan fingerprint density at radius 2 is 2.04 bits per heavy atom. The molecular weight excluding hydrogens is 424 g/mol. The van der Waals surface area contributed by atoms with E-state index in [9.17, 15) is 14.4 Å². The fraction of sp³-hybridized carbons (Fsp3) is 0.350. The van der Waals surface area contributed by atoms with E-state index in [-0.39, 0.29) is 30.3 Å². The zero-order chi connectivity index (χ0) is 20.0. The third kappa shape index (κ3) is 3.27. The zero-order valence-corrected chi connectivity index (χ0v) is 17.2. The lowest BCUT2D eigenvalue weighted by Gasteiger charge is -2.39. The SMILES string of the molecule is C=CC(=O)N1CC(NC(=O)CN2Cc3c(n(C(C)=O)c4ccc(Br)cc34)C2)C1. The van der Waals surface area contributed by atoms with Crippen molar-refractivity contribution in [1.29, 1.82) is 0 Å². The van der Waals surface area contributed by atoms with Gasteiger partial charge in [0.25, 0.3) is 0 Å². The molecule has 2 aliphatic heterocycles. The summed E-state index contributed by atoms with van der Waals surface area (Å²) in [6.07, 6.45) is 1.28. The number of benzene rings is 1. The second-order valence-corrected chi connectivity index (χ2v) is 8.21. The van der Waals surface area contributed by atoms with Crippen molar-refractivity contribution in [3.8, 4) is 0 Å². The van der Waals surface area contributed by atoms with E-state index in [1.165, 1.54) is 6.08 Å². The monoisotopic (exact) mass is 444 g/mol. The topological polar surface area (TPSA) is 74.7 Å². The summed E-state index contributed by atoms with van der Waals surface area (Å²) in [7, 11) is 0. The summed E-state index contributed by atoms with van der Waals surface area (Å²) in [5.41, 5.74) is 2.97. The Morgan fingerprint density at radius 1 is 1.29 bits per heavy atom. The third-order valence-electron chi connectivity index (χ3n) is 5.31. The first-order valence-corrected chi connectivity index (χ1v) is 9.92. The maximum atomic E-state index is 12.4. The van der Waals surface area contributed by atoms with E-state index >= 15 is 0 Å². The van der Waals surface area contributed by atoms with Crippen LogP contribution in [0.4, 0.5) is 0 Å². The molecule has 0 aliphatic carbocycles. The molecule has 1 saturated heterocycles. The number of hydrogen-bond donors (Lipinski definition) is 1. The highest BCUT2D eigenvalue weighted by Gasteiger charge is 2.32. The van der Waals surface area contributed by atoms with Gasteiger partial charge in [-0.1, -0.05) is 22.5 Å². The fourth-order valence-corrected chi connectivity index (χ4v) is 4.40. The van der Waals surface area contributed by atoms with Gasteiger partial charge in [-0.25, -0.2) is 0 Å². The zero-order valence-electron chi connectivity index (χ0n) is 15.6. The summed E-state index contributed by atoms with van der Waals surface area (Å²) in [6, 6.07) is 5.89. The van der Waals surface area contributed by atoms with E-state index in [2.05, 4.69) is 27.8 Å². The standard InChI is InChI=1S/C20H21BrN4O3/c1-3-20(28)24-7-14(8-24)22-19(27)11-23-9-16-15-6-13(21)4-5-17(15)25(12(2)26)18(16)10-23/h3-6,14H,1,7-11H2,2H3,(H,22,27). The summed E-state index contributed by atoms with van der Waals surface area (Å²) in [4.78, 5) is 39.8. The van der Waals surface area contributed by atoms with Crippen molar-refractivity contribution in [2.24, 2.45) is 0 Å². The minimum absolute atomic E-state index is 0.00999. The molecule has 2 aromatic rings. The normalized spacial score (nSPS) is 16.7. The second kappa shape index (κ2) is 7.18. The average Bonchev–Trinajstić information content (AvgIpc) is 3.13. The number of amides is 2. The second-order valence-electron chi connectivity index (χ2n) is 7.30. The molecule has 28 heavy (non-hydrogen) atoms. The van der Waals surface area contributed by atoms with Crippen LogP contribution in [-0.2, 0) is 22.7 Å². The van der Waals surface area contributed by atoms with Crippen molar-refractivity contribution >= 4 is 44.6 Å². The van der Waals surface area contributed by atoms with Gasteiger partial charge in [-0.15, -0.1) is 0 Å². The van der Waals surface area contributed by atoms with Crippen LogP contribution in [0.5, 0.6) is 0 Å². The number of nitrogens with zero attached hydrogens (tertiary/aromatic N) is 3. The summed E-state index contributed by atoms with van der Waals surface area (Å²) in [6.45, 7) is 7.50. The van der Waals surface area contributed by atoms with Crippen LogP contribution in [0, 0.1) is 0 Å². The predicted octanol–water partition coefficient (Wildman–Crippen LogP) is 1.89. The quantitative estimate of drug-likeness (QED) is 0.730. The Hall–Kier alpha value is -2.45. The van der Waals surface area contributed by atoms with E-state index in [0.717, 1.165) is 26.6 Å². The van der Waals surface area contributed by atoms with Gasteiger partial charge in [0.15, 0.2) is 0 Å². The minimum atomic E-state index is -0.111. The summed E-state index contributed by atoms with van der Waals surface area (Å²) >= 11 is 3.50. The molecule has 0 bridgehead atoms. The predicted molar refractivity (Wildman–Crippen MR) is 109 cm³/mol. The summed E-state index contributed by atoms with van der Waals surface area (Å²) < 4.78 is 2.71. The van der Waals surface area contributed by atoms with Crippen LogP contribution in [0.3, 0.4) is 0 Å². The summed E-state index contributed by atoms with van der Waals surface area (Å²) in [5.74, 6) is -0.207. The summed E-state index contributed by atoms with van der Waals surface area (Å²) in [5, 5.41) is 4.01. The number of carbonyl (C=O) groups is 3. The van der Waals surface area contributed by atoms with E-state index in [1.807, 2.05) is 23.1 Å². The van der Waals surface area contributed by atoms with Crippen molar-refractivity contribution in [3.05, 3.63) is 46.6 Å². The average molecular weight is 445 g/mol.